The van der Waals surface area contributed by atoms with Crippen LogP contribution in [0.25, 0.3) is 11.2 Å². The molecule has 2 aromatic heterocycles. The fraction of sp³-hybridized carbons (Fsp3) is 0.538. The van der Waals surface area contributed by atoms with Crippen molar-refractivity contribution in [2.75, 3.05) is 18.9 Å². The summed E-state index contributed by atoms with van der Waals surface area (Å²) < 4.78 is 38.2. The molecule has 0 amide bonds. The number of carbonyl (C=O) groups is 1. The number of nitrogens with one attached hydrogen (secondary N) is 1. The van der Waals surface area contributed by atoms with Gasteiger partial charge in [-0.3, -0.25) is 9.32 Å². The van der Waals surface area contributed by atoms with Crippen LogP contribution in [0.1, 0.15) is 53.5 Å². The Hall–Kier alpha value is -3.25. The van der Waals surface area contributed by atoms with Crippen LogP contribution < -0.4 is 20.1 Å². The van der Waals surface area contributed by atoms with Crippen molar-refractivity contribution in [3.63, 3.8) is 0 Å². The lowest BCUT2D eigenvalue weighted by Gasteiger charge is -2.30. The molecule has 1 saturated carbocycles. The van der Waals surface area contributed by atoms with E-state index in [1.807, 2.05) is 18.4 Å². The average molecular weight is 577 g/mol. The van der Waals surface area contributed by atoms with Crippen molar-refractivity contribution < 1.29 is 33.0 Å². The zero-order valence-corrected chi connectivity index (χ0v) is 24.2. The Kier molecular flexibility index (Phi) is 8.99. The molecular weight excluding hydrogens is 539 g/mol. The second-order valence-corrected chi connectivity index (χ2v) is 12.1. The van der Waals surface area contributed by atoms with Gasteiger partial charge in [-0.2, -0.15) is 15.1 Å². The maximum absolute atomic E-state index is 13.9. The van der Waals surface area contributed by atoms with Crippen LogP contribution in [-0.2, 0) is 18.6 Å². The molecule has 13 nitrogen and oxygen atoms in total. The first-order valence-electron chi connectivity index (χ1n) is 13.2. The quantitative estimate of drug-likeness (QED) is 0.211. The SMILES string of the molecule is CCOc1nc(N)nc2c1ncn2[C@H]1C[C@H](O)[C@@](C)(CO[P@@](=O)(N[C@@H](C)C(=O)OC(C)C)Oc2ccccc2)C1. The number of imidazole rings is 1. The number of para-hydroxylation sites is 1. The molecule has 0 radical (unpaired) electrons. The van der Waals surface area contributed by atoms with Crippen LogP contribution in [0.15, 0.2) is 36.7 Å². The molecule has 14 heteroatoms. The van der Waals surface area contributed by atoms with Crippen LogP contribution in [-0.4, -0.2) is 62.1 Å². The van der Waals surface area contributed by atoms with Crippen LogP contribution >= 0.6 is 7.75 Å². The van der Waals surface area contributed by atoms with E-state index in [0.717, 1.165) is 0 Å². The predicted octanol–water partition coefficient (Wildman–Crippen LogP) is 3.64. The summed E-state index contributed by atoms with van der Waals surface area (Å²) in [6.45, 7) is 8.91. The largest absolute Gasteiger partial charge is 0.476 e. The number of carbonyl (C=O) groups excluding carboxylic acids is 1. The zero-order valence-electron chi connectivity index (χ0n) is 23.3. The van der Waals surface area contributed by atoms with Crippen molar-refractivity contribution in [1.82, 2.24) is 24.6 Å². The van der Waals surface area contributed by atoms with Gasteiger partial charge in [0.2, 0.25) is 11.8 Å². The van der Waals surface area contributed by atoms with Gasteiger partial charge < -0.3 is 29.4 Å². The molecule has 2 heterocycles. The molecule has 218 valence electrons. The molecule has 1 fully saturated rings. The number of nitrogens with zero attached hydrogens (tertiary/aromatic N) is 4. The van der Waals surface area contributed by atoms with Gasteiger partial charge in [0, 0.05) is 11.5 Å². The van der Waals surface area contributed by atoms with Crippen molar-refractivity contribution in [1.29, 1.82) is 0 Å². The summed E-state index contributed by atoms with van der Waals surface area (Å²) in [6.07, 6.45) is 1.28. The van der Waals surface area contributed by atoms with E-state index < -0.39 is 31.3 Å². The molecule has 4 rings (SSSR count). The molecule has 0 saturated heterocycles. The third-order valence-electron chi connectivity index (χ3n) is 6.67. The molecular formula is C26H37N6O7P. The Morgan fingerprint density at radius 1 is 1.27 bits per heavy atom. The van der Waals surface area contributed by atoms with Crippen molar-refractivity contribution in [2.24, 2.45) is 5.41 Å². The average Bonchev–Trinajstić information content (AvgIpc) is 3.44. The molecule has 1 aromatic carbocycles. The van der Waals surface area contributed by atoms with Crippen LogP contribution in [0.5, 0.6) is 11.6 Å². The lowest BCUT2D eigenvalue weighted by molar-refractivity contribution is -0.149. The Morgan fingerprint density at radius 3 is 2.67 bits per heavy atom. The minimum absolute atomic E-state index is 0.0533. The van der Waals surface area contributed by atoms with E-state index in [2.05, 4.69) is 20.0 Å². The summed E-state index contributed by atoms with van der Waals surface area (Å²) in [5, 5.41) is 13.8. The van der Waals surface area contributed by atoms with Gasteiger partial charge >= 0.3 is 13.7 Å². The van der Waals surface area contributed by atoms with Crippen LogP contribution in [0.2, 0.25) is 0 Å². The third-order valence-corrected chi connectivity index (χ3v) is 8.30. The first-order chi connectivity index (χ1) is 18.9. The van der Waals surface area contributed by atoms with Gasteiger partial charge in [0.15, 0.2) is 11.2 Å². The Balaban J connectivity index is 1.53. The number of anilines is 1. The van der Waals surface area contributed by atoms with Crippen molar-refractivity contribution in [2.45, 2.75) is 71.8 Å². The third kappa shape index (κ3) is 6.72. The zero-order chi connectivity index (χ0) is 29.1. The smallest absolute Gasteiger partial charge is 0.459 e. The summed E-state index contributed by atoms with van der Waals surface area (Å²) in [5.74, 6) is 0.0495. The molecule has 1 aliphatic carbocycles. The second-order valence-electron chi connectivity index (χ2n) is 10.4. The molecule has 3 aromatic rings. The number of ether oxygens (including phenoxy) is 2. The molecule has 0 spiro atoms. The van der Waals surface area contributed by atoms with Gasteiger partial charge in [0.1, 0.15) is 11.8 Å². The predicted molar refractivity (Wildman–Crippen MR) is 148 cm³/mol. The van der Waals surface area contributed by atoms with Gasteiger partial charge in [0.05, 0.1) is 31.7 Å². The molecule has 0 bridgehead atoms. The van der Waals surface area contributed by atoms with Crippen LogP contribution in [0, 0.1) is 5.41 Å². The summed E-state index contributed by atoms with van der Waals surface area (Å²) in [4.78, 5) is 25.3. The molecule has 5 atom stereocenters. The van der Waals surface area contributed by atoms with Gasteiger partial charge in [-0.05, 0) is 52.7 Å². The Labute approximate surface area is 233 Å². The second kappa shape index (κ2) is 12.1. The fourth-order valence-electron chi connectivity index (χ4n) is 4.64. The fourth-order valence-corrected chi connectivity index (χ4v) is 6.27. The van der Waals surface area contributed by atoms with E-state index in [0.29, 0.717) is 42.2 Å². The number of rotatable bonds is 12. The highest BCUT2D eigenvalue weighted by Crippen LogP contribution is 2.51. The molecule has 40 heavy (non-hydrogen) atoms. The summed E-state index contributed by atoms with van der Waals surface area (Å²) in [6, 6.07) is 7.32. The van der Waals surface area contributed by atoms with Gasteiger partial charge in [0.25, 0.3) is 0 Å². The topological polar surface area (TPSA) is 173 Å². The van der Waals surface area contributed by atoms with E-state index in [1.165, 1.54) is 6.92 Å². The number of nitrogen functional groups attached to an aromatic ring is 1. The number of esters is 1. The highest BCUT2D eigenvalue weighted by molar-refractivity contribution is 7.52. The highest BCUT2D eigenvalue weighted by Gasteiger charge is 2.46. The number of hydrogen-bond acceptors (Lipinski definition) is 11. The van der Waals surface area contributed by atoms with E-state index >= 15 is 0 Å². The lowest BCUT2D eigenvalue weighted by atomic mass is 9.87. The van der Waals surface area contributed by atoms with E-state index in [1.54, 1.807) is 50.5 Å². The van der Waals surface area contributed by atoms with Crippen molar-refractivity contribution >= 4 is 30.8 Å². The van der Waals surface area contributed by atoms with Crippen molar-refractivity contribution in [3.05, 3.63) is 36.7 Å². The van der Waals surface area contributed by atoms with Crippen LogP contribution in [0.3, 0.4) is 0 Å². The number of hydrogen-bond donors (Lipinski definition) is 3. The first kappa shape index (κ1) is 29.7. The van der Waals surface area contributed by atoms with E-state index in [-0.39, 0.29) is 24.7 Å². The minimum atomic E-state index is -4.09. The number of benzene rings is 1. The van der Waals surface area contributed by atoms with E-state index in [4.69, 9.17) is 24.3 Å². The highest BCUT2D eigenvalue weighted by atomic mass is 31.2. The summed E-state index contributed by atoms with van der Waals surface area (Å²) in [5.41, 5.74) is 6.06. The maximum Gasteiger partial charge on any atom is 0.459 e. The number of aromatic nitrogens is 4. The lowest BCUT2D eigenvalue weighted by Crippen LogP contribution is -2.38. The normalized spacial score (nSPS) is 23.2. The number of aliphatic hydroxyl groups is 1. The van der Waals surface area contributed by atoms with Gasteiger partial charge in [-0.1, -0.05) is 25.1 Å². The monoisotopic (exact) mass is 576 g/mol. The number of fused-ring (bicyclic) bond motifs is 1. The van der Waals surface area contributed by atoms with Crippen LogP contribution in [0.4, 0.5) is 5.95 Å². The van der Waals surface area contributed by atoms with Crippen molar-refractivity contribution in [3.8, 4) is 11.6 Å². The van der Waals surface area contributed by atoms with E-state index in [9.17, 15) is 14.5 Å². The molecule has 4 N–H and O–H groups in total. The number of aliphatic hydroxyl groups excluding tert-OH is 1. The number of nitrogens with two attached hydrogens (primary N) is 1. The van der Waals surface area contributed by atoms with Gasteiger partial charge in [-0.15, -0.1) is 0 Å². The Morgan fingerprint density at radius 2 is 2.00 bits per heavy atom. The minimum Gasteiger partial charge on any atom is -0.476 e. The molecule has 0 unspecified atom stereocenters. The summed E-state index contributed by atoms with van der Waals surface area (Å²) >= 11 is 0. The summed E-state index contributed by atoms with van der Waals surface area (Å²) in [7, 11) is -4.09. The first-order valence-corrected chi connectivity index (χ1v) is 14.8. The molecule has 0 aliphatic heterocycles. The van der Waals surface area contributed by atoms with Gasteiger partial charge in [-0.25, -0.2) is 9.55 Å². The Bertz CT molecular complexity index is 1370. The standard InChI is InChI=1S/C26H37N6O7P/c1-6-36-23-21-22(29-25(27)30-23)32(15-28-21)18-12-20(33)26(5,13-18)14-37-40(35,39-19-10-8-7-9-11-19)31-17(4)24(34)38-16(2)3/h7-11,15-18,20,33H,6,12-14H2,1-5H3,(H,31,35)(H2,27,29,30)/t17-,18-,20-,26+,40-/m0/s1. The molecule has 1 aliphatic rings. The maximum atomic E-state index is 13.9.